The van der Waals surface area contributed by atoms with E-state index in [2.05, 4.69) is 12.1 Å². The molecule has 27 heavy (non-hydrogen) atoms. The van der Waals surface area contributed by atoms with Gasteiger partial charge in [0.1, 0.15) is 3.14 Å². The molecular weight excluding hydrogens is 515 g/mol. The summed E-state index contributed by atoms with van der Waals surface area (Å²) in [4.78, 5) is 3.09. The molecular formula is C18H7Cl3S6. The second-order valence-electron chi connectivity index (χ2n) is 5.73. The zero-order chi connectivity index (χ0) is 18.7. The molecule has 0 fully saturated rings. The van der Waals surface area contributed by atoms with Gasteiger partial charge in [0.05, 0.1) is 24.5 Å². The van der Waals surface area contributed by atoms with Crippen molar-refractivity contribution in [3.63, 3.8) is 0 Å². The van der Waals surface area contributed by atoms with Gasteiger partial charge >= 0.3 is 0 Å². The number of rotatable bonds is 3. The Kier molecular flexibility index (Phi) is 5.42. The van der Waals surface area contributed by atoms with Crippen molar-refractivity contribution in [2.24, 2.45) is 0 Å². The van der Waals surface area contributed by atoms with Crippen LogP contribution in [0, 0.1) is 3.14 Å². The van der Waals surface area contributed by atoms with Gasteiger partial charge in [-0.3, -0.25) is 0 Å². The molecule has 3 aromatic carbocycles. The summed E-state index contributed by atoms with van der Waals surface area (Å²) in [6, 6.07) is 10.4. The summed E-state index contributed by atoms with van der Waals surface area (Å²) < 4.78 is 3.04. The van der Waals surface area contributed by atoms with Crippen molar-refractivity contribution in [1.29, 1.82) is 0 Å². The average Bonchev–Trinajstić information content (AvgIpc) is 3.28. The summed E-state index contributed by atoms with van der Waals surface area (Å²) >= 11 is 30.5. The number of hydrogen-bond acceptors (Lipinski definition) is 6. The fourth-order valence-electron chi connectivity index (χ4n) is 2.99. The van der Waals surface area contributed by atoms with E-state index >= 15 is 0 Å². The quantitative estimate of drug-likeness (QED) is 0.149. The van der Waals surface area contributed by atoms with Crippen LogP contribution >= 0.6 is 103 Å². The Bertz CT molecular complexity index is 1280. The lowest BCUT2D eigenvalue weighted by molar-refractivity contribution is 1.38. The first kappa shape index (κ1) is 19.3. The Morgan fingerprint density at radius 3 is 2.22 bits per heavy atom. The van der Waals surface area contributed by atoms with E-state index in [-0.39, 0.29) is 0 Å². The first-order valence-electron chi connectivity index (χ1n) is 7.67. The summed E-state index contributed by atoms with van der Waals surface area (Å²) in [5.74, 6) is 0.820. The third kappa shape index (κ3) is 3.16. The minimum Gasteiger partial charge on any atom is -0.119 e. The lowest BCUT2D eigenvalue weighted by atomic mass is 10.1. The Morgan fingerprint density at radius 1 is 0.815 bits per heavy atom. The summed E-state index contributed by atoms with van der Waals surface area (Å²) in [5.41, 5.74) is 1.24. The lowest BCUT2D eigenvalue weighted by Crippen LogP contribution is -1.88. The number of halogens is 3. The molecule has 5 rings (SSSR count). The highest BCUT2D eigenvalue weighted by atomic mass is 35.5. The molecule has 0 bridgehead atoms. The molecule has 136 valence electrons. The number of benzene rings is 3. The van der Waals surface area contributed by atoms with Crippen LogP contribution in [-0.2, 0) is 5.75 Å². The Hall–Kier alpha value is 0.370. The van der Waals surface area contributed by atoms with Gasteiger partial charge in [-0.2, -0.15) is 0 Å². The maximum atomic E-state index is 6.77. The molecule has 0 N–H and O–H groups in total. The van der Waals surface area contributed by atoms with Gasteiger partial charge in [-0.15, -0.1) is 34.4 Å². The molecule has 1 aromatic heterocycles. The Morgan fingerprint density at radius 2 is 1.48 bits per heavy atom. The minimum absolute atomic E-state index is 0.616. The van der Waals surface area contributed by atoms with Gasteiger partial charge in [-0.05, 0) is 5.56 Å². The summed E-state index contributed by atoms with van der Waals surface area (Å²) in [6.07, 6.45) is 0. The van der Waals surface area contributed by atoms with Crippen LogP contribution in [0.15, 0.2) is 45.0 Å². The van der Waals surface area contributed by atoms with Crippen LogP contribution in [-0.4, -0.2) is 0 Å². The number of fused-ring (bicyclic) bond motifs is 2. The van der Waals surface area contributed by atoms with E-state index in [4.69, 9.17) is 47.0 Å². The van der Waals surface area contributed by atoms with Gasteiger partial charge in [-0.1, -0.05) is 98.9 Å². The molecule has 0 saturated heterocycles. The van der Waals surface area contributed by atoms with Crippen LogP contribution in [0.25, 0.3) is 20.2 Å². The molecule has 0 radical (unpaired) electrons. The molecule has 1 aliphatic heterocycles. The number of hydrogen-bond donors (Lipinski definition) is 0. The van der Waals surface area contributed by atoms with Gasteiger partial charge in [0.2, 0.25) is 0 Å². The van der Waals surface area contributed by atoms with Crippen molar-refractivity contribution in [1.82, 2.24) is 0 Å². The van der Waals surface area contributed by atoms with Crippen LogP contribution in [0.5, 0.6) is 0 Å². The van der Waals surface area contributed by atoms with E-state index in [0.717, 1.165) is 48.8 Å². The van der Waals surface area contributed by atoms with Gasteiger partial charge in [0.15, 0.2) is 0 Å². The molecule has 0 atom stereocenters. The zero-order valence-corrected chi connectivity index (χ0v) is 20.3. The SMILES string of the molecule is S=c1sc2c(Cl)c3c4c(c(Cl)c(Cl)c(SCc5ccccc5)c4c2s1)SS3. The van der Waals surface area contributed by atoms with Crippen LogP contribution in [0.3, 0.4) is 0 Å². The molecule has 2 heterocycles. The standard InChI is InChI=1S/C18H7Cl3S6/c19-10-11(20)14-9-8(13(10)23-6-7-4-2-1-3-5-7)16-17(25-18(22)24-16)12(21)15(9)27-26-14/h1-5H,6H2. The first-order valence-corrected chi connectivity index (χ1v) is 14.0. The van der Waals surface area contributed by atoms with Crippen molar-refractivity contribution in [2.75, 3.05) is 0 Å². The molecule has 0 aliphatic carbocycles. The van der Waals surface area contributed by atoms with E-state index in [1.165, 1.54) is 5.56 Å². The van der Waals surface area contributed by atoms with Crippen molar-refractivity contribution in [3.05, 3.63) is 54.1 Å². The third-order valence-corrected chi connectivity index (χ3v) is 12.2. The smallest absolute Gasteiger partial charge is 0.119 e. The molecule has 4 aromatic rings. The molecule has 0 nitrogen and oxygen atoms in total. The maximum Gasteiger partial charge on any atom is 0.144 e. The highest BCUT2D eigenvalue weighted by Gasteiger charge is 2.30. The molecule has 1 aliphatic rings. The van der Waals surface area contributed by atoms with Gasteiger partial charge in [0.25, 0.3) is 0 Å². The fourth-order valence-corrected chi connectivity index (χ4v) is 11.0. The van der Waals surface area contributed by atoms with E-state index in [1.807, 2.05) is 18.2 Å². The van der Waals surface area contributed by atoms with Crippen LogP contribution < -0.4 is 0 Å². The Balaban J connectivity index is 1.83. The van der Waals surface area contributed by atoms with E-state index in [1.54, 1.807) is 56.0 Å². The monoisotopic (exact) mass is 520 g/mol. The lowest BCUT2D eigenvalue weighted by Gasteiger charge is -2.14. The molecule has 9 heteroatoms. The average molecular weight is 522 g/mol. The van der Waals surface area contributed by atoms with Crippen molar-refractivity contribution in [2.45, 2.75) is 20.4 Å². The largest absolute Gasteiger partial charge is 0.144 e. The van der Waals surface area contributed by atoms with Crippen LogP contribution in [0.1, 0.15) is 5.56 Å². The molecule has 0 saturated carbocycles. The van der Waals surface area contributed by atoms with Gasteiger partial charge < -0.3 is 0 Å². The summed E-state index contributed by atoms with van der Waals surface area (Å²) in [5, 5.41) is 4.28. The van der Waals surface area contributed by atoms with Crippen LogP contribution in [0.2, 0.25) is 15.1 Å². The minimum atomic E-state index is 0.616. The Labute approximate surface area is 196 Å². The molecule has 0 unspecified atom stereocenters. The second-order valence-corrected chi connectivity index (χ2v) is 13.2. The fraction of sp³-hybridized carbons (Fsp3) is 0.0556. The molecule has 0 spiro atoms. The van der Waals surface area contributed by atoms with Gasteiger partial charge in [-0.25, -0.2) is 0 Å². The van der Waals surface area contributed by atoms with Crippen molar-refractivity contribution in [3.8, 4) is 0 Å². The second kappa shape index (κ2) is 7.56. The summed E-state index contributed by atoms with van der Waals surface area (Å²) in [6.45, 7) is 0. The normalized spacial score (nSPS) is 13.1. The predicted molar refractivity (Wildman–Crippen MR) is 131 cm³/mol. The number of thioether (sulfide) groups is 1. The van der Waals surface area contributed by atoms with Crippen molar-refractivity contribution >= 4 is 123 Å². The first-order chi connectivity index (χ1) is 13.1. The highest BCUT2D eigenvalue weighted by molar-refractivity contribution is 8.77. The van der Waals surface area contributed by atoms with E-state index < -0.39 is 0 Å². The molecule has 0 amide bonds. The topological polar surface area (TPSA) is 0 Å². The van der Waals surface area contributed by atoms with Crippen LogP contribution in [0.4, 0.5) is 0 Å². The van der Waals surface area contributed by atoms with E-state index in [0.29, 0.717) is 10.0 Å². The summed E-state index contributed by atoms with van der Waals surface area (Å²) in [7, 11) is 3.29. The van der Waals surface area contributed by atoms with Gasteiger partial charge in [0, 0.05) is 31.2 Å². The van der Waals surface area contributed by atoms with E-state index in [9.17, 15) is 0 Å². The third-order valence-electron chi connectivity index (χ3n) is 4.16. The predicted octanol–water partition coefficient (Wildman–Crippen LogP) is 10.2. The maximum absolute atomic E-state index is 6.77. The van der Waals surface area contributed by atoms with Crippen molar-refractivity contribution < 1.29 is 0 Å². The highest BCUT2D eigenvalue weighted by Crippen LogP contribution is 2.62. The zero-order valence-electron chi connectivity index (χ0n) is 13.2.